The summed E-state index contributed by atoms with van der Waals surface area (Å²) in [4.78, 5) is 25.2. The predicted octanol–water partition coefficient (Wildman–Crippen LogP) is 4.87. The number of rotatable bonds is 6. The van der Waals surface area contributed by atoms with Gasteiger partial charge < -0.3 is 14.8 Å². The van der Waals surface area contributed by atoms with Crippen LogP contribution in [0.25, 0.3) is 0 Å². The number of esters is 1. The van der Waals surface area contributed by atoms with Crippen LogP contribution in [0.3, 0.4) is 0 Å². The molecule has 3 aromatic rings. The maximum atomic E-state index is 12.7. The number of amides is 1. The molecule has 5 nitrogen and oxygen atoms in total. The molecule has 0 heterocycles. The quantitative estimate of drug-likeness (QED) is 0.625. The first-order valence-corrected chi connectivity index (χ1v) is 8.89. The molecule has 0 saturated heterocycles. The Morgan fingerprint density at radius 2 is 1.50 bits per heavy atom. The van der Waals surface area contributed by atoms with E-state index in [-0.39, 0.29) is 5.91 Å². The SMILES string of the molecule is COc1ccc(C(=O)Nc2ccccc2C(=O)O[C@H](C)c2ccccc2)cc1. The minimum Gasteiger partial charge on any atom is -0.497 e. The maximum Gasteiger partial charge on any atom is 0.340 e. The summed E-state index contributed by atoms with van der Waals surface area (Å²) in [7, 11) is 1.56. The van der Waals surface area contributed by atoms with Gasteiger partial charge in [-0.15, -0.1) is 0 Å². The summed E-state index contributed by atoms with van der Waals surface area (Å²) in [5.74, 6) is -0.156. The van der Waals surface area contributed by atoms with Crippen LogP contribution in [0, 0.1) is 0 Å². The summed E-state index contributed by atoms with van der Waals surface area (Å²) in [6, 6.07) is 23.0. The minimum absolute atomic E-state index is 0.298. The third-order valence-corrected chi connectivity index (χ3v) is 4.30. The van der Waals surface area contributed by atoms with Crippen LogP contribution in [-0.4, -0.2) is 19.0 Å². The van der Waals surface area contributed by atoms with Crippen molar-refractivity contribution < 1.29 is 19.1 Å². The first kappa shape index (κ1) is 19.2. The minimum atomic E-state index is -0.498. The first-order chi connectivity index (χ1) is 13.6. The van der Waals surface area contributed by atoms with Crippen molar-refractivity contribution in [2.75, 3.05) is 12.4 Å². The molecular formula is C23H21NO4. The van der Waals surface area contributed by atoms with Crippen LogP contribution in [0.2, 0.25) is 0 Å². The number of carbonyl (C=O) groups is 2. The van der Waals surface area contributed by atoms with Crippen molar-refractivity contribution >= 4 is 17.6 Å². The molecule has 1 N–H and O–H groups in total. The third-order valence-electron chi connectivity index (χ3n) is 4.30. The molecular weight excluding hydrogens is 354 g/mol. The largest absolute Gasteiger partial charge is 0.497 e. The number of hydrogen-bond donors (Lipinski definition) is 1. The molecule has 0 aliphatic rings. The van der Waals surface area contributed by atoms with E-state index in [1.807, 2.05) is 37.3 Å². The second-order valence-corrected chi connectivity index (χ2v) is 6.19. The normalized spacial score (nSPS) is 11.4. The number of ether oxygens (including phenoxy) is 2. The number of anilines is 1. The standard InChI is InChI=1S/C23H21NO4/c1-16(17-8-4-3-5-9-17)28-23(26)20-10-6-7-11-21(20)24-22(25)18-12-14-19(27-2)15-13-18/h3-16H,1-2H3,(H,24,25)/t16-/m1/s1. The molecule has 142 valence electrons. The van der Waals surface area contributed by atoms with Gasteiger partial charge in [-0.3, -0.25) is 4.79 Å². The Bertz CT molecular complexity index is 952. The molecule has 0 radical (unpaired) electrons. The van der Waals surface area contributed by atoms with Gasteiger partial charge in [0.2, 0.25) is 0 Å². The van der Waals surface area contributed by atoms with Gasteiger partial charge in [-0.1, -0.05) is 42.5 Å². The highest BCUT2D eigenvalue weighted by Crippen LogP contribution is 2.23. The van der Waals surface area contributed by atoms with Crippen LogP contribution < -0.4 is 10.1 Å². The highest BCUT2D eigenvalue weighted by atomic mass is 16.5. The zero-order chi connectivity index (χ0) is 19.9. The van der Waals surface area contributed by atoms with E-state index in [0.717, 1.165) is 5.56 Å². The van der Waals surface area contributed by atoms with E-state index >= 15 is 0 Å². The molecule has 0 spiro atoms. The Kier molecular flexibility index (Phi) is 6.07. The number of carbonyl (C=O) groups excluding carboxylic acids is 2. The lowest BCUT2D eigenvalue weighted by atomic mass is 10.1. The Morgan fingerprint density at radius 3 is 2.18 bits per heavy atom. The average Bonchev–Trinajstić information content (AvgIpc) is 2.74. The van der Waals surface area contributed by atoms with Crippen molar-refractivity contribution in [3.63, 3.8) is 0 Å². The number of methoxy groups -OCH3 is 1. The summed E-state index contributed by atoms with van der Waals surface area (Å²) < 4.78 is 10.7. The number of hydrogen-bond acceptors (Lipinski definition) is 4. The van der Waals surface area contributed by atoms with Gasteiger partial charge in [0.15, 0.2) is 0 Å². The Hall–Kier alpha value is -3.60. The van der Waals surface area contributed by atoms with E-state index in [2.05, 4.69) is 5.32 Å². The molecule has 0 aromatic heterocycles. The van der Waals surface area contributed by atoms with Gasteiger partial charge in [0.25, 0.3) is 5.91 Å². The van der Waals surface area contributed by atoms with Crippen molar-refractivity contribution in [1.82, 2.24) is 0 Å². The van der Waals surface area contributed by atoms with Crippen LogP contribution in [-0.2, 0) is 4.74 Å². The molecule has 3 rings (SSSR count). The zero-order valence-electron chi connectivity index (χ0n) is 15.7. The van der Waals surface area contributed by atoms with Crippen LogP contribution in [0.1, 0.15) is 39.3 Å². The molecule has 28 heavy (non-hydrogen) atoms. The van der Waals surface area contributed by atoms with E-state index < -0.39 is 12.1 Å². The van der Waals surface area contributed by atoms with Crippen LogP contribution >= 0.6 is 0 Å². The number of para-hydroxylation sites is 1. The van der Waals surface area contributed by atoms with Gasteiger partial charge in [0.05, 0.1) is 18.4 Å². The Labute approximate surface area is 163 Å². The van der Waals surface area contributed by atoms with Crippen LogP contribution in [0.15, 0.2) is 78.9 Å². The van der Waals surface area contributed by atoms with E-state index in [0.29, 0.717) is 22.6 Å². The molecule has 0 saturated carbocycles. The molecule has 5 heteroatoms. The monoisotopic (exact) mass is 375 g/mol. The van der Waals surface area contributed by atoms with Gasteiger partial charge in [0.1, 0.15) is 11.9 Å². The maximum absolute atomic E-state index is 12.7. The van der Waals surface area contributed by atoms with Gasteiger partial charge in [0, 0.05) is 5.56 Å². The van der Waals surface area contributed by atoms with Gasteiger partial charge >= 0.3 is 5.97 Å². The van der Waals surface area contributed by atoms with Crippen LogP contribution in [0.4, 0.5) is 5.69 Å². The Morgan fingerprint density at radius 1 is 0.857 bits per heavy atom. The van der Waals surface area contributed by atoms with Gasteiger partial charge in [-0.25, -0.2) is 4.79 Å². The second-order valence-electron chi connectivity index (χ2n) is 6.19. The molecule has 0 fully saturated rings. The van der Waals surface area contributed by atoms with Crippen molar-refractivity contribution in [2.24, 2.45) is 0 Å². The molecule has 0 aliphatic heterocycles. The van der Waals surface area contributed by atoms with Crippen molar-refractivity contribution in [3.05, 3.63) is 95.6 Å². The van der Waals surface area contributed by atoms with Crippen molar-refractivity contribution in [2.45, 2.75) is 13.0 Å². The van der Waals surface area contributed by atoms with E-state index in [4.69, 9.17) is 9.47 Å². The second kappa shape index (κ2) is 8.86. The highest BCUT2D eigenvalue weighted by Gasteiger charge is 2.18. The van der Waals surface area contributed by atoms with E-state index in [1.54, 1.807) is 55.6 Å². The fraction of sp³-hybridized carbons (Fsp3) is 0.130. The number of nitrogens with one attached hydrogen (secondary N) is 1. The predicted molar refractivity (Wildman–Crippen MR) is 108 cm³/mol. The lowest BCUT2D eigenvalue weighted by Gasteiger charge is -2.16. The van der Waals surface area contributed by atoms with Crippen molar-refractivity contribution in [3.8, 4) is 5.75 Å². The third kappa shape index (κ3) is 4.57. The van der Waals surface area contributed by atoms with E-state index in [9.17, 15) is 9.59 Å². The summed E-state index contributed by atoms with van der Waals surface area (Å²) in [6.45, 7) is 1.81. The number of benzene rings is 3. The molecule has 1 atom stereocenters. The topological polar surface area (TPSA) is 64.6 Å². The van der Waals surface area contributed by atoms with Crippen molar-refractivity contribution in [1.29, 1.82) is 0 Å². The zero-order valence-corrected chi connectivity index (χ0v) is 15.7. The fourth-order valence-corrected chi connectivity index (χ4v) is 2.72. The summed E-state index contributed by atoms with van der Waals surface area (Å²) in [6.07, 6.45) is -0.404. The lowest BCUT2D eigenvalue weighted by Crippen LogP contribution is -2.16. The summed E-state index contributed by atoms with van der Waals surface area (Å²) in [5, 5.41) is 2.78. The summed E-state index contributed by atoms with van der Waals surface area (Å²) in [5.41, 5.74) is 2.05. The van der Waals surface area contributed by atoms with Crippen LogP contribution in [0.5, 0.6) is 5.75 Å². The molecule has 3 aromatic carbocycles. The smallest absolute Gasteiger partial charge is 0.340 e. The molecule has 0 unspecified atom stereocenters. The van der Waals surface area contributed by atoms with E-state index in [1.165, 1.54) is 0 Å². The molecule has 0 bridgehead atoms. The molecule has 0 aliphatic carbocycles. The molecule has 1 amide bonds. The average molecular weight is 375 g/mol. The highest BCUT2D eigenvalue weighted by molar-refractivity contribution is 6.08. The fourth-order valence-electron chi connectivity index (χ4n) is 2.72. The van der Waals surface area contributed by atoms with Gasteiger partial charge in [-0.2, -0.15) is 0 Å². The van der Waals surface area contributed by atoms with Gasteiger partial charge in [-0.05, 0) is 48.9 Å². The first-order valence-electron chi connectivity index (χ1n) is 8.89. The Balaban J connectivity index is 1.74. The summed E-state index contributed by atoms with van der Waals surface area (Å²) >= 11 is 0. The lowest BCUT2D eigenvalue weighted by molar-refractivity contribution is 0.0339.